The van der Waals surface area contributed by atoms with E-state index in [4.69, 9.17) is 0 Å². The van der Waals surface area contributed by atoms with Gasteiger partial charge in [0.05, 0.1) is 0 Å². The molecule has 0 heteroatoms. The van der Waals surface area contributed by atoms with Gasteiger partial charge >= 0.3 is 0 Å². The van der Waals surface area contributed by atoms with E-state index < -0.39 is 0 Å². The number of benzene rings is 2. The zero-order chi connectivity index (χ0) is 19.2. The predicted octanol–water partition coefficient (Wildman–Crippen LogP) is 7.73. The lowest BCUT2D eigenvalue weighted by atomic mass is 9.65. The van der Waals surface area contributed by atoms with Gasteiger partial charge in [0.15, 0.2) is 0 Å². The van der Waals surface area contributed by atoms with E-state index in [9.17, 15) is 0 Å². The Morgan fingerprint density at radius 3 is 1.62 bits per heavy atom. The van der Waals surface area contributed by atoms with Crippen molar-refractivity contribution in [3.63, 3.8) is 0 Å². The Hall–Kier alpha value is -1.82. The molecule has 0 saturated heterocycles. The van der Waals surface area contributed by atoms with Crippen molar-refractivity contribution in [2.24, 2.45) is 0 Å². The third-order valence-electron chi connectivity index (χ3n) is 8.06. The largest absolute Gasteiger partial charge is 0.0625 e. The maximum absolute atomic E-state index is 2.41. The Balaban J connectivity index is 2.40. The van der Waals surface area contributed by atoms with Crippen molar-refractivity contribution in [2.75, 3.05) is 0 Å². The SMILES string of the molecule is CC1=C(C)C(C)c2c(C)c(C)c3c(C)c(C)c(C)c4c3c2C1=C(C)C4C. The lowest BCUT2D eigenvalue weighted by Gasteiger charge is -2.39. The third kappa shape index (κ3) is 1.81. The molecule has 2 aromatic carbocycles. The molecule has 26 heavy (non-hydrogen) atoms. The van der Waals surface area contributed by atoms with Crippen LogP contribution in [0.25, 0.3) is 16.3 Å². The highest BCUT2D eigenvalue weighted by Gasteiger charge is 2.36. The van der Waals surface area contributed by atoms with Crippen LogP contribution < -0.4 is 0 Å². The van der Waals surface area contributed by atoms with Crippen molar-refractivity contribution >= 4 is 16.3 Å². The normalized spacial score (nSPS) is 21.9. The van der Waals surface area contributed by atoms with Crippen molar-refractivity contribution in [1.82, 2.24) is 0 Å². The van der Waals surface area contributed by atoms with Gasteiger partial charge in [-0.05, 0) is 122 Å². The molecular formula is C26H32. The molecule has 0 aliphatic heterocycles. The van der Waals surface area contributed by atoms with Crippen molar-refractivity contribution in [3.05, 3.63) is 61.2 Å². The molecule has 2 unspecified atom stereocenters. The number of allylic oxidation sites excluding steroid dienone is 4. The summed E-state index contributed by atoms with van der Waals surface area (Å²) in [6.07, 6.45) is 0. The first-order chi connectivity index (χ1) is 12.1. The van der Waals surface area contributed by atoms with Crippen molar-refractivity contribution in [1.29, 1.82) is 0 Å². The van der Waals surface area contributed by atoms with Gasteiger partial charge in [-0.3, -0.25) is 0 Å². The van der Waals surface area contributed by atoms with E-state index in [0.29, 0.717) is 11.8 Å². The lowest BCUT2D eigenvalue weighted by molar-refractivity contribution is 0.832. The molecule has 2 atom stereocenters. The van der Waals surface area contributed by atoms with Gasteiger partial charge in [0, 0.05) is 11.8 Å². The standard InChI is InChI=1S/C26H32/c1-11-13(3)21-17(7)19(9)23-15(5)12(2)16(6)24-20(10)18(8)22(14(11)4)25(21)26(23)24/h13,20H,1-10H3. The second-order valence-corrected chi connectivity index (χ2v) is 8.89. The van der Waals surface area contributed by atoms with Crippen LogP contribution in [0.5, 0.6) is 0 Å². The van der Waals surface area contributed by atoms with Gasteiger partial charge in [0.1, 0.15) is 0 Å². The molecule has 0 bridgehead atoms. The molecule has 2 aliphatic rings. The van der Waals surface area contributed by atoms with Crippen molar-refractivity contribution < 1.29 is 0 Å². The fraction of sp³-hybridized carbons (Fsp3) is 0.462. The topological polar surface area (TPSA) is 0 Å². The molecule has 0 heterocycles. The molecule has 136 valence electrons. The molecule has 0 spiro atoms. The average molecular weight is 345 g/mol. The fourth-order valence-electron chi connectivity index (χ4n) is 5.81. The Bertz CT molecular complexity index is 1070. The molecule has 0 N–H and O–H groups in total. The van der Waals surface area contributed by atoms with E-state index in [0.717, 1.165) is 0 Å². The lowest BCUT2D eigenvalue weighted by Crippen LogP contribution is -2.20. The zero-order valence-electron chi connectivity index (χ0n) is 18.2. The van der Waals surface area contributed by atoms with Crippen LogP contribution in [-0.4, -0.2) is 0 Å². The minimum Gasteiger partial charge on any atom is -0.0625 e. The van der Waals surface area contributed by atoms with Gasteiger partial charge in [0.25, 0.3) is 0 Å². The maximum Gasteiger partial charge on any atom is 0.00354 e. The number of rotatable bonds is 0. The van der Waals surface area contributed by atoms with Gasteiger partial charge < -0.3 is 0 Å². The van der Waals surface area contributed by atoms with Gasteiger partial charge in [-0.2, -0.15) is 0 Å². The third-order valence-corrected chi connectivity index (χ3v) is 8.06. The van der Waals surface area contributed by atoms with Crippen LogP contribution in [0.3, 0.4) is 0 Å². The van der Waals surface area contributed by atoms with Crippen molar-refractivity contribution in [3.8, 4) is 0 Å². The summed E-state index contributed by atoms with van der Waals surface area (Å²) in [6, 6.07) is 0. The summed E-state index contributed by atoms with van der Waals surface area (Å²) >= 11 is 0. The highest BCUT2D eigenvalue weighted by molar-refractivity contribution is 6.09. The minimum absolute atomic E-state index is 0.491. The molecule has 0 fully saturated rings. The number of aryl methyl sites for hydroxylation is 2. The molecule has 4 rings (SSSR count). The summed E-state index contributed by atoms with van der Waals surface area (Å²) in [5, 5.41) is 3.09. The minimum atomic E-state index is 0.491. The van der Waals surface area contributed by atoms with E-state index in [-0.39, 0.29) is 0 Å². The molecule has 0 aromatic heterocycles. The predicted molar refractivity (Wildman–Crippen MR) is 115 cm³/mol. The van der Waals surface area contributed by atoms with Gasteiger partial charge in [0.2, 0.25) is 0 Å². The van der Waals surface area contributed by atoms with E-state index in [1.807, 2.05) is 0 Å². The van der Waals surface area contributed by atoms with Crippen molar-refractivity contribution in [2.45, 2.75) is 81.1 Å². The van der Waals surface area contributed by atoms with E-state index >= 15 is 0 Å². The smallest absolute Gasteiger partial charge is 0.00354 e. The molecule has 0 saturated carbocycles. The Labute approximate surface area is 159 Å². The summed E-state index contributed by atoms with van der Waals surface area (Å²) in [4.78, 5) is 0. The fourth-order valence-corrected chi connectivity index (χ4v) is 5.81. The van der Waals surface area contributed by atoms with Gasteiger partial charge in [-0.25, -0.2) is 0 Å². The van der Waals surface area contributed by atoms with Crippen LogP contribution in [0, 0.1) is 34.6 Å². The first-order valence-electron chi connectivity index (χ1n) is 10.1. The van der Waals surface area contributed by atoms with Crippen LogP contribution in [0.2, 0.25) is 0 Å². The Morgan fingerprint density at radius 2 is 1.00 bits per heavy atom. The van der Waals surface area contributed by atoms with Crippen LogP contribution in [-0.2, 0) is 0 Å². The summed E-state index contributed by atoms with van der Waals surface area (Å²) in [5.74, 6) is 0.998. The summed E-state index contributed by atoms with van der Waals surface area (Å²) in [7, 11) is 0. The first kappa shape index (κ1) is 17.6. The molecule has 2 aromatic rings. The monoisotopic (exact) mass is 344 g/mol. The quantitative estimate of drug-likeness (QED) is 0.459. The maximum atomic E-state index is 2.41. The van der Waals surface area contributed by atoms with Crippen LogP contribution in [0.1, 0.15) is 91.0 Å². The van der Waals surface area contributed by atoms with E-state index in [1.54, 1.807) is 38.8 Å². The Morgan fingerprint density at radius 1 is 0.500 bits per heavy atom. The number of hydrogen-bond acceptors (Lipinski definition) is 0. The van der Waals surface area contributed by atoms with Crippen LogP contribution >= 0.6 is 0 Å². The second kappa shape index (κ2) is 5.35. The number of hydrogen-bond donors (Lipinski definition) is 0. The van der Waals surface area contributed by atoms with Gasteiger partial charge in [-0.1, -0.05) is 25.0 Å². The van der Waals surface area contributed by atoms with E-state index in [1.165, 1.54) is 38.8 Å². The van der Waals surface area contributed by atoms with Crippen LogP contribution in [0.4, 0.5) is 0 Å². The Kier molecular flexibility index (Phi) is 3.62. The zero-order valence-corrected chi connectivity index (χ0v) is 18.2. The second-order valence-electron chi connectivity index (χ2n) is 8.89. The molecule has 0 radical (unpaired) electrons. The highest BCUT2D eigenvalue weighted by atomic mass is 14.4. The summed E-state index contributed by atoms with van der Waals surface area (Å²) in [5.41, 5.74) is 18.4. The van der Waals surface area contributed by atoms with Crippen LogP contribution in [0.15, 0.2) is 16.7 Å². The molecule has 2 aliphatic carbocycles. The highest BCUT2D eigenvalue weighted by Crippen LogP contribution is 2.55. The average Bonchev–Trinajstić information content (AvgIpc) is 2.60. The first-order valence-corrected chi connectivity index (χ1v) is 10.1. The van der Waals surface area contributed by atoms with Gasteiger partial charge in [-0.15, -0.1) is 0 Å². The molecular weight excluding hydrogens is 312 g/mol. The molecule has 0 amide bonds. The molecule has 0 nitrogen and oxygen atoms in total. The van der Waals surface area contributed by atoms with E-state index in [2.05, 4.69) is 69.2 Å². The summed E-state index contributed by atoms with van der Waals surface area (Å²) < 4.78 is 0. The summed E-state index contributed by atoms with van der Waals surface area (Å²) in [6.45, 7) is 23.6.